The summed E-state index contributed by atoms with van der Waals surface area (Å²) in [5.74, 6) is 0.518. The van der Waals surface area contributed by atoms with E-state index in [0.717, 1.165) is 25.9 Å². The minimum Gasteiger partial charge on any atom is -0.497 e. The number of aromatic nitrogens is 1. The molecule has 1 aliphatic rings. The van der Waals surface area contributed by atoms with Crippen molar-refractivity contribution in [3.8, 4) is 17.1 Å². The molecule has 2 aromatic rings. The fourth-order valence-corrected chi connectivity index (χ4v) is 3.25. The smallest absolute Gasteiger partial charge is 0.343 e. The second kappa shape index (κ2) is 8.77. The molecule has 0 bridgehead atoms. The predicted molar refractivity (Wildman–Crippen MR) is 104 cm³/mol. The lowest BCUT2D eigenvalue weighted by molar-refractivity contribution is -0.132. The normalized spacial score (nSPS) is 14.7. The van der Waals surface area contributed by atoms with Crippen LogP contribution in [0.2, 0.25) is 0 Å². The third kappa shape index (κ3) is 4.44. The number of nitrogens with zero attached hydrogens (tertiary/aromatic N) is 2. The van der Waals surface area contributed by atoms with E-state index in [4.69, 9.17) is 9.26 Å². The van der Waals surface area contributed by atoms with E-state index in [-0.39, 0.29) is 29.5 Å². The van der Waals surface area contributed by atoms with Gasteiger partial charge in [-0.15, -0.1) is 0 Å². The van der Waals surface area contributed by atoms with Crippen molar-refractivity contribution in [2.24, 2.45) is 5.92 Å². The zero-order valence-electron chi connectivity index (χ0n) is 16.1. The summed E-state index contributed by atoms with van der Waals surface area (Å²) in [7, 11) is 1.56. The number of carboxylic acids is 1. The molecule has 1 aromatic carbocycles. The van der Waals surface area contributed by atoms with Crippen LogP contribution in [-0.2, 0) is 4.79 Å². The van der Waals surface area contributed by atoms with Gasteiger partial charge in [0.25, 0.3) is 0 Å². The molecule has 3 rings (SSSR count). The number of anilines is 1. The first-order valence-electron chi connectivity index (χ1n) is 9.38. The number of rotatable bonds is 7. The van der Waals surface area contributed by atoms with Crippen molar-refractivity contribution in [3.63, 3.8) is 0 Å². The quantitative estimate of drug-likeness (QED) is 0.752. The fourth-order valence-electron chi connectivity index (χ4n) is 3.25. The third-order valence-electron chi connectivity index (χ3n) is 5.03. The molecule has 0 atom stereocenters. The molecule has 1 aliphatic heterocycles. The van der Waals surface area contributed by atoms with Crippen LogP contribution < -0.4 is 10.1 Å². The molecule has 0 saturated carbocycles. The van der Waals surface area contributed by atoms with Crippen molar-refractivity contribution in [3.05, 3.63) is 29.8 Å². The van der Waals surface area contributed by atoms with Crippen molar-refractivity contribution in [2.45, 2.75) is 26.2 Å². The topological polar surface area (TPSA) is 105 Å². The Hall–Kier alpha value is -3.03. The summed E-state index contributed by atoms with van der Waals surface area (Å²) in [6.07, 6.45) is 2.33. The van der Waals surface area contributed by atoms with Crippen LogP contribution in [0, 0.1) is 5.92 Å². The Kier molecular flexibility index (Phi) is 6.18. The van der Waals surface area contributed by atoms with Crippen LogP contribution in [0.1, 0.15) is 36.5 Å². The monoisotopic (exact) mass is 387 g/mol. The number of hydrogen-bond acceptors (Lipinski definition) is 6. The number of carbonyl (C=O) groups is 2. The molecular formula is C20H25N3O5. The largest absolute Gasteiger partial charge is 0.497 e. The minimum atomic E-state index is -1.15. The lowest BCUT2D eigenvalue weighted by Crippen LogP contribution is -2.38. The number of ether oxygens (including phenoxy) is 1. The van der Waals surface area contributed by atoms with E-state index >= 15 is 0 Å². The van der Waals surface area contributed by atoms with Gasteiger partial charge in [0.1, 0.15) is 5.75 Å². The maximum atomic E-state index is 12.3. The van der Waals surface area contributed by atoms with Gasteiger partial charge >= 0.3 is 5.97 Å². The number of carboxylic acid groups (broad SMARTS) is 1. The molecule has 2 N–H and O–H groups in total. The van der Waals surface area contributed by atoms with E-state index in [1.54, 1.807) is 31.4 Å². The lowest BCUT2D eigenvalue weighted by atomic mass is 9.99. The summed E-state index contributed by atoms with van der Waals surface area (Å²) >= 11 is 0. The summed E-state index contributed by atoms with van der Waals surface area (Å²) in [5.41, 5.74) is 0.529. The minimum absolute atomic E-state index is 0.0515. The Morgan fingerprint density at radius 2 is 1.96 bits per heavy atom. The van der Waals surface area contributed by atoms with Crippen LogP contribution in [0.15, 0.2) is 28.8 Å². The Morgan fingerprint density at radius 1 is 1.29 bits per heavy atom. The van der Waals surface area contributed by atoms with Crippen molar-refractivity contribution < 1.29 is 24.0 Å². The van der Waals surface area contributed by atoms with Gasteiger partial charge in [0.2, 0.25) is 5.91 Å². The Bertz CT molecular complexity index is 823. The van der Waals surface area contributed by atoms with Crippen LogP contribution >= 0.6 is 0 Å². The van der Waals surface area contributed by atoms with Gasteiger partial charge in [0.15, 0.2) is 17.1 Å². The van der Waals surface area contributed by atoms with Gasteiger partial charge in [0, 0.05) is 31.6 Å². The van der Waals surface area contributed by atoms with Gasteiger partial charge in [-0.05, 0) is 43.0 Å². The summed E-state index contributed by atoms with van der Waals surface area (Å²) in [6, 6.07) is 6.84. The summed E-state index contributed by atoms with van der Waals surface area (Å²) in [5, 5.41) is 16.4. The maximum absolute atomic E-state index is 12.3. The lowest BCUT2D eigenvalue weighted by Gasteiger charge is -2.30. The van der Waals surface area contributed by atoms with E-state index < -0.39 is 5.97 Å². The molecule has 0 aliphatic carbocycles. The third-order valence-corrected chi connectivity index (χ3v) is 5.03. The summed E-state index contributed by atoms with van der Waals surface area (Å²) < 4.78 is 10.4. The van der Waals surface area contributed by atoms with E-state index in [2.05, 4.69) is 17.4 Å². The molecule has 0 radical (unpaired) electrons. The molecule has 1 fully saturated rings. The zero-order valence-corrected chi connectivity index (χ0v) is 16.1. The highest BCUT2D eigenvalue weighted by molar-refractivity contribution is 5.99. The molecule has 1 aromatic heterocycles. The highest BCUT2D eigenvalue weighted by Gasteiger charge is 2.24. The van der Waals surface area contributed by atoms with Crippen molar-refractivity contribution in [2.75, 3.05) is 32.1 Å². The van der Waals surface area contributed by atoms with E-state index in [0.29, 0.717) is 23.8 Å². The molecule has 0 spiro atoms. The molecule has 1 amide bonds. The van der Waals surface area contributed by atoms with Crippen molar-refractivity contribution >= 4 is 17.7 Å². The van der Waals surface area contributed by atoms with Crippen LogP contribution in [-0.4, -0.2) is 53.8 Å². The predicted octanol–water partition coefficient (Wildman–Crippen LogP) is 3.11. The first-order valence-corrected chi connectivity index (χ1v) is 9.38. The Morgan fingerprint density at radius 3 is 2.57 bits per heavy atom. The van der Waals surface area contributed by atoms with Gasteiger partial charge in [-0.25, -0.2) is 4.79 Å². The van der Waals surface area contributed by atoms with Gasteiger partial charge < -0.3 is 24.6 Å². The van der Waals surface area contributed by atoms with E-state index in [1.807, 2.05) is 4.90 Å². The number of amides is 1. The Labute approximate surface area is 163 Å². The zero-order chi connectivity index (χ0) is 20.1. The SMILES string of the molecule is COc1ccc(-c2onc(NCCC(=O)N3CCC(C)CC3)c2C(=O)O)cc1. The van der Waals surface area contributed by atoms with Crippen LogP contribution in [0.25, 0.3) is 11.3 Å². The van der Waals surface area contributed by atoms with Gasteiger partial charge in [-0.1, -0.05) is 12.1 Å². The highest BCUT2D eigenvalue weighted by atomic mass is 16.5. The molecule has 28 heavy (non-hydrogen) atoms. The number of benzene rings is 1. The molecule has 2 heterocycles. The molecule has 0 unspecified atom stereocenters. The van der Waals surface area contributed by atoms with Gasteiger partial charge in [-0.2, -0.15) is 0 Å². The second-order valence-corrected chi connectivity index (χ2v) is 7.01. The molecule has 8 heteroatoms. The standard InChI is InChI=1S/C20H25N3O5/c1-13-8-11-23(12-9-13)16(24)7-10-21-19-17(20(25)26)18(28-22-19)14-3-5-15(27-2)6-4-14/h3-6,13H,7-12H2,1-2H3,(H,21,22)(H,25,26). The number of likely N-dealkylation sites (tertiary alicyclic amines) is 1. The van der Waals surface area contributed by atoms with Crippen molar-refractivity contribution in [1.29, 1.82) is 0 Å². The summed E-state index contributed by atoms with van der Waals surface area (Å²) in [6.45, 7) is 4.05. The van der Waals surface area contributed by atoms with Crippen LogP contribution in [0.5, 0.6) is 5.75 Å². The molecule has 8 nitrogen and oxygen atoms in total. The number of aromatic carboxylic acids is 1. The maximum Gasteiger partial charge on any atom is 0.343 e. The van der Waals surface area contributed by atoms with E-state index in [1.165, 1.54) is 0 Å². The Balaban J connectivity index is 1.64. The number of piperidine rings is 1. The number of nitrogens with one attached hydrogen (secondary N) is 1. The average Bonchev–Trinajstić information content (AvgIpc) is 3.12. The molecule has 1 saturated heterocycles. The highest BCUT2D eigenvalue weighted by Crippen LogP contribution is 2.30. The average molecular weight is 387 g/mol. The van der Waals surface area contributed by atoms with E-state index in [9.17, 15) is 14.7 Å². The van der Waals surface area contributed by atoms with Crippen LogP contribution in [0.4, 0.5) is 5.82 Å². The first kappa shape index (κ1) is 19.7. The fraction of sp³-hybridized carbons (Fsp3) is 0.450. The number of methoxy groups -OCH3 is 1. The summed E-state index contributed by atoms with van der Waals surface area (Å²) in [4.78, 5) is 25.9. The number of hydrogen-bond donors (Lipinski definition) is 2. The number of carbonyl (C=O) groups excluding carboxylic acids is 1. The first-order chi connectivity index (χ1) is 13.5. The van der Waals surface area contributed by atoms with Gasteiger partial charge in [-0.3, -0.25) is 4.79 Å². The molecule has 150 valence electrons. The second-order valence-electron chi connectivity index (χ2n) is 7.01. The van der Waals surface area contributed by atoms with Crippen LogP contribution in [0.3, 0.4) is 0 Å². The van der Waals surface area contributed by atoms with Crippen molar-refractivity contribution in [1.82, 2.24) is 10.1 Å². The molecular weight excluding hydrogens is 362 g/mol. The van der Waals surface area contributed by atoms with Gasteiger partial charge in [0.05, 0.1) is 7.11 Å².